The lowest BCUT2D eigenvalue weighted by molar-refractivity contribution is 1.38. The van der Waals surface area contributed by atoms with Crippen molar-refractivity contribution < 1.29 is 0 Å². The van der Waals surface area contributed by atoms with Crippen LogP contribution in [0.4, 0.5) is 11.4 Å². The van der Waals surface area contributed by atoms with E-state index in [-0.39, 0.29) is 0 Å². The number of aliphatic imine (C=N–C) groups is 2. The molecule has 0 atom stereocenters. The van der Waals surface area contributed by atoms with Gasteiger partial charge in [0.05, 0.1) is 11.4 Å². The topological polar surface area (TPSA) is 24.7 Å². The molecule has 2 aliphatic rings. The van der Waals surface area contributed by atoms with Gasteiger partial charge in [0.1, 0.15) is 0 Å². The summed E-state index contributed by atoms with van der Waals surface area (Å²) in [5.41, 5.74) is 7.47. The van der Waals surface area contributed by atoms with Crippen LogP contribution in [0, 0.1) is 0 Å². The predicted octanol–water partition coefficient (Wildman–Crippen LogP) is 5.70. The van der Waals surface area contributed by atoms with E-state index in [9.17, 15) is 0 Å². The van der Waals surface area contributed by atoms with Crippen molar-refractivity contribution in [2.75, 3.05) is 0 Å². The third-order valence-electron chi connectivity index (χ3n) is 3.50. The Morgan fingerprint density at radius 2 is 1.00 bits per heavy atom. The Morgan fingerprint density at radius 3 is 1.36 bits per heavy atom. The third-order valence-corrected chi connectivity index (χ3v) is 3.50. The highest BCUT2D eigenvalue weighted by Crippen LogP contribution is 2.25. The van der Waals surface area contributed by atoms with Gasteiger partial charge in [0.15, 0.2) is 0 Å². The number of para-hydroxylation sites is 2. The van der Waals surface area contributed by atoms with E-state index in [1.165, 1.54) is 22.6 Å². The summed E-state index contributed by atoms with van der Waals surface area (Å²) in [7, 11) is 0. The maximum absolute atomic E-state index is 4.37. The van der Waals surface area contributed by atoms with Crippen LogP contribution in [-0.2, 0) is 12.8 Å². The average molecular weight is 292 g/mol. The maximum atomic E-state index is 4.37. The van der Waals surface area contributed by atoms with Gasteiger partial charge in [-0.05, 0) is 37.1 Å². The van der Waals surface area contributed by atoms with Gasteiger partial charge in [-0.25, -0.2) is 0 Å². The van der Waals surface area contributed by atoms with Crippen LogP contribution in [0.2, 0.25) is 0 Å². The smallest absolute Gasteiger partial charge is 0.0664 e. The minimum atomic E-state index is 1.04. The predicted molar refractivity (Wildman–Crippen MR) is 97.2 cm³/mol. The molecule has 2 heteroatoms. The van der Waals surface area contributed by atoms with E-state index in [0.717, 1.165) is 24.2 Å². The van der Waals surface area contributed by atoms with Crippen LogP contribution in [0.5, 0.6) is 0 Å². The molecule has 0 unspecified atom stereocenters. The highest BCUT2D eigenvalue weighted by molar-refractivity contribution is 5.92. The Balaban J connectivity index is 0.000000144. The molecule has 0 spiro atoms. The molecule has 0 bridgehead atoms. The molecule has 0 saturated heterocycles. The molecule has 0 fully saturated rings. The summed E-state index contributed by atoms with van der Waals surface area (Å²) in [5.74, 6) is 0. The minimum Gasteiger partial charge on any atom is -0.257 e. The molecule has 0 saturated carbocycles. The number of hydrogen-bond acceptors (Lipinski definition) is 2. The van der Waals surface area contributed by atoms with Gasteiger partial charge in [-0.1, -0.05) is 50.2 Å². The van der Waals surface area contributed by atoms with Gasteiger partial charge in [-0.3, -0.25) is 9.98 Å². The van der Waals surface area contributed by atoms with E-state index in [2.05, 4.69) is 60.2 Å². The molecule has 114 valence electrons. The van der Waals surface area contributed by atoms with Crippen molar-refractivity contribution in [3.05, 3.63) is 59.7 Å². The molecule has 22 heavy (non-hydrogen) atoms. The summed E-state index contributed by atoms with van der Waals surface area (Å²) < 4.78 is 0. The second-order valence-corrected chi connectivity index (χ2v) is 5.31. The van der Waals surface area contributed by atoms with E-state index in [0.29, 0.717) is 0 Å². The Hall–Kier alpha value is -2.22. The first-order valence-corrected chi connectivity index (χ1v) is 7.96. The van der Waals surface area contributed by atoms with Crippen molar-refractivity contribution in [1.82, 2.24) is 0 Å². The van der Waals surface area contributed by atoms with E-state index < -0.39 is 0 Å². The Labute approximate surface area is 133 Å². The zero-order valence-corrected chi connectivity index (χ0v) is 13.9. The fourth-order valence-electron chi connectivity index (χ4n) is 2.58. The van der Waals surface area contributed by atoms with Crippen LogP contribution in [0.1, 0.15) is 38.8 Å². The number of nitrogens with zero attached hydrogens (tertiary/aromatic N) is 2. The monoisotopic (exact) mass is 292 g/mol. The van der Waals surface area contributed by atoms with E-state index in [1.807, 2.05) is 26.0 Å². The molecule has 0 N–H and O–H groups in total. The van der Waals surface area contributed by atoms with Crippen LogP contribution in [-0.4, -0.2) is 11.4 Å². The summed E-state index contributed by atoms with van der Waals surface area (Å²) in [6.45, 7) is 8.14. The second kappa shape index (κ2) is 7.69. The molecule has 2 aromatic rings. The average Bonchev–Trinajstić information content (AvgIpc) is 3.10. The van der Waals surface area contributed by atoms with Crippen molar-refractivity contribution >= 4 is 22.8 Å². The van der Waals surface area contributed by atoms with Crippen molar-refractivity contribution in [2.24, 2.45) is 9.98 Å². The zero-order chi connectivity index (χ0) is 15.9. The van der Waals surface area contributed by atoms with Crippen molar-refractivity contribution in [3.8, 4) is 0 Å². The van der Waals surface area contributed by atoms with Crippen LogP contribution in [0.3, 0.4) is 0 Å². The fraction of sp³-hybridized carbons (Fsp3) is 0.300. The first kappa shape index (κ1) is 16.2. The molecule has 0 aromatic heterocycles. The van der Waals surface area contributed by atoms with Crippen molar-refractivity contribution in [1.29, 1.82) is 0 Å². The Kier molecular flexibility index (Phi) is 5.65. The Bertz CT molecular complexity index is 635. The van der Waals surface area contributed by atoms with Crippen LogP contribution in [0.25, 0.3) is 0 Å². The summed E-state index contributed by atoms with van der Waals surface area (Å²) >= 11 is 0. The van der Waals surface area contributed by atoms with Gasteiger partial charge in [-0.2, -0.15) is 0 Å². The number of benzene rings is 2. The second-order valence-electron chi connectivity index (χ2n) is 5.31. The van der Waals surface area contributed by atoms with Crippen LogP contribution < -0.4 is 0 Å². The maximum Gasteiger partial charge on any atom is 0.0664 e. The van der Waals surface area contributed by atoms with Crippen molar-refractivity contribution in [3.63, 3.8) is 0 Å². The van der Waals surface area contributed by atoms with Crippen LogP contribution >= 0.6 is 0 Å². The third kappa shape index (κ3) is 3.91. The lowest BCUT2D eigenvalue weighted by atomic mass is 10.1. The van der Waals surface area contributed by atoms with Gasteiger partial charge in [0.2, 0.25) is 0 Å². The standard InChI is InChI=1S/2C9H9N.C2H6/c2*1-7-6-8-4-2-3-5-9(8)10-7;1-2/h2*2-5H,6H2,1H3;1-2H3. The molecule has 0 aliphatic carbocycles. The first-order chi connectivity index (χ1) is 10.7. The molecule has 2 nitrogen and oxygen atoms in total. The molecule has 2 heterocycles. The first-order valence-electron chi connectivity index (χ1n) is 7.96. The van der Waals surface area contributed by atoms with Gasteiger partial charge in [0, 0.05) is 24.3 Å². The normalized spacial score (nSPS) is 13.6. The van der Waals surface area contributed by atoms with Crippen LogP contribution in [0.15, 0.2) is 58.5 Å². The summed E-state index contributed by atoms with van der Waals surface area (Å²) in [6, 6.07) is 16.6. The van der Waals surface area contributed by atoms with Gasteiger partial charge in [-0.15, -0.1) is 0 Å². The molecular formula is C20H24N2. The van der Waals surface area contributed by atoms with E-state index in [4.69, 9.17) is 0 Å². The fourth-order valence-corrected chi connectivity index (χ4v) is 2.58. The lowest BCUT2D eigenvalue weighted by Crippen LogP contribution is -1.87. The summed E-state index contributed by atoms with van der Waals surface area (Å²) in [5, 5.41) is 0. The molecule has 0 amide bonds. The lowest BCUT2D eigenvalue weighted by Gasteiger charge is -1.91. The highest BCUT2D eigenvalue weighted by Gasteiger charge is 2.09. The molecule has 2 aromatic carbocycles. The number of hydrogen-bond donors (Lipinski definition) is 0. The SMILES string of the molecule is CC.CC1=Nc2ccccc2C1.CC1=Nc2ccccc2C1. The van der Waals surface area contributed by atoms with Gasteiger partial charge >= 0.3 is 0 Å². The largest absolute Gasteiger partial charge is 0.257 e. The number of rotatable bonds is 0. The van der Waals surface area contributed by atoms with Gasteiger partial charge in [0.25, 0.3) is 0 Å². The number of fused-ring (bicyclic) bond motifs is 2. The summed E-state index contributed by atoms with van der Waals surface area (Å²) in [6.07, 6.45) is 2.08. The quantitative estimate of drug-likeness (QED) is 0.595. The molecule has 2 aliphatic heterocycles. The van der Waals surface area contributed by atoms with E-state index in [1.54, 1.807) is 0 Å². The Morgan fingerprint density at radius 1 is 0.636 bits per heavy atom. The zero-order valence-electron chi connectivity index (χ0n) is 13.9. The van der Waals surface area contributed by atoms with Crippen molar-refractivity contribution in [2.45, 2.75) is 40.5 Å². The summed E-state index contributed by atoms with van der Waals surface area (Å²) in [4.78, 5) is 8.74. The highest BCUT2D eigenvalue weighted by atomic mass is 14.8. The molecular weight excluding hydrogens is 268 g/mol. The molecule has 4 rings (SSSR count). The van der Waals surface area contributed by atoms with Gasteiger partial charge < -0.3 is 0 Å². The molecule has 0 radical (unpaired) electrons. The van der Waals surface area contributed by atoms with E-state index >= 15 is 0 Å². The minimum absolute atomic E-state index is 1.04.